The van der Waals surface area contributed by atoms with E-state index in [1.54, 1.807) is 0 Å². The first kappa shape index (κ1) is 16.0. The second kappa shape index (κ2) is 11.4. The highest BCUT2D eigenvalue weighted by atomic mass is 14.8. The Balaban J connectivity index is 3.19. The lowest BCUT2D eigenvalue weighted by atomic mass is 9.96. The smallest absolute Gasteiger partial charge is 0.00494 e. The maximum absolute atomic E-state index is 3.23. The summed E-state index contributed by atoms with van der Waals surface area (Å²) < 4.78 is 0. The predicted molar refractivity (Wildman–Crippen MR) is 74.9 cm³/mol. The van der Waals surface area contributed by atoms with Gasteiger partial charge in [-0.15, -0.1) is 0 Å². The molecule has 2 unspecified atom stereocenters. The number of hydrogen-bond acceptors (Lipinski definition) is 1. The van der Waals surface area contributed by atoms with Crippen LogP contribution in [0.1, 0.15) is 72.1 Å². The minimum absolute atomic E-state index is 0.903. The lowest BCUT2D eigenvalue weighted by Gasteiger charge is -2.12. The van der Waals surface area contributed by atoms with Crippen LogP contribution in [0.4, 0.5) is 0 Å². The van der Waals surface area contributed by atoms with Crippen LogP contribution in [0, 0.1) is 11.8 Å². The van der Waals surface area contributed by atoms with Crippen molar-refractivity contribution in [3.05, 3.63) is 0 Å². The summed E-state index contributed by atoms with van der Waals surface area (Å²) in [6.45, 7) is 8.25. The highest BCUT2D eigenvalue weighted by Crippen LogP contribution is 2.17. The molecule has 0 amide bonds. The molecule has 2 atom stereocenters. The molecule has 0 aliphatic heterocycles. The van der Waals surface area contributed by atoms with Crippen LogP contribution in [0.25, 0.3) is 0 Å². The number of rotatable bonds is 11. The third-order valence-electron chi connectivity index (χ3n) is 3.56. The van der Waals surface area contributed by atoms with E-state index >= 15 is 0 Å². The van der Waals surface area contributed by atoms with Gasteiger partial charge in [0.05, 0.1) is 0 Å². The average molecular weight is 227 g/mol. The highest BCUT2D eigenvalue weighted by molar-refractivity contribution is 4.57. The summed E-state index contributed by atoms with van der Waals surface area (Å²) in [6.07, 6.45) is 11.3. The van der Waals surface area contributed by atoms with E-state index in [9.17, 15) is 0 Å². The lowest BCUT2D eigenvalue weighted by molar-refractivity contribution is 0.423. The molecule has 0 bridgehead atoms. The molecule has 1 heteroatoms. The van der Waals surface area contributed by atoms with Gasteiger partial charge in [-0.3, -0.25) is 0 Å². The largest absolute Gasteiger partial charge is 0.320 e. The van der Waals surface area contributed by atoms with Crippen LogP contribution in [0.15, 0.2) is 0 Å². The number of unbranched alkanes of at least 4 members (excludes halogenated alkanes) is 2. The van der Waals surface area contributed by atoms with E-state index in [1.165, 1.54) is 57.9 Å². The molecule has 0 aliphatic rings. The topological polar surface area (TPSA) is 12.0 Å². The molecule has 98 valence electrons. The first-order valence-corrected chi connectivity index (χ1v) is 7.35. The minimum Gasteiger partial charge on any atom is -0.320 e. The maximum atomic E-state index is 3.23. The first-order valence-electron chi connectivity index (χ1n) is 7.35. The molecule has 0 rings (SSSR count). The van der Waals surface area contributed by atoms with Crippen molar-refractivity contribution in [3.63, 3.8) is 0 Å². The Kier molecular flexibility index (Phi) is 11.4. The number of nitrogens with one attached hydrogen (secondary N) is 1. The van der Waals surface area contributed by atoms with Crippen molar-refractivity contribution in [2.75, 3.05) is 13.6 Å². The van der Waals surface area contributed by atoms with E-state index in [0.717, 1.165) is 11.8 Å². The normalized spacial score (nSPS) is 15.0. The SMILES string of the molecule is CCCC(C)CCCCCC(C)CCNC. The zero-order valence-electron chi connectivity index (χ0n) is 12.0. The third kappa shape index (κ3) is 10.5. The lowest BCUT2D eigenvalue weighted by Crippen LogP contribution is -2.11. The molecule has 0 radical (unpaired) electrons. The molecule has 0 saturated carbocycles. The van der Waals surface area contributed by atoms with Gasteiger partial charge in [0.15, 0.2) is 0 Å². The molecule has 0 spiro atoms. The molecule has 0 aromatic carbocycles. The van der Waals surface area contributed by atoms with Gasteiger partial charge in [0.25, 0.3) is 0 Å². The Morgan fingerprint density at radius 1 is 0.812 bits per heavy atom. The molecule has 1 nitrogen and oxygen atoms in total. The van der Waals surface area contributed by atoms with Gasteiger partial charge in [0.1, 0.15) is 0 Å². The summed E-state index contributed by atoms with van der Waals surface area (Å²) in [4.78, 5) is 0. The van der Waals surface area contributed by atoms with Crippen molar-refractivity contribution >= 4 is 0 Å². The van der Waals surface area contributed by atoms with Crippen molar-refractivity contribution in [1.29, 1.82) is 0 Å². The quantitative estimate of drug-likeness (QED) is 0.508. The first-order chi connectivity index (χ1) is 7.70. The Morgan fingerprint density at radius 3 is 1.88 bits per heavy atom. The predicted octanol–water partition coefficient (Wildman–Crippen LogP) is 4.62. The van der Waals surface area contributed by atoms with Crippen LogP contribution in [0.2, 0.25) is 0 Å². The molecular formula is C15H33N. The van der Waals surface area contributed by atoms with E-state index in [1.807, 2.05) is 7.05 Å². The van der Waals surface area contributed by atoms with E-state index in [0.29, 0.717) is 0 Å². The fraction of sp³-hybridized carbons (Fsp3) is 1.00. The van der Waals surface area contributed by atoms with E-state index < -0.39 is 0 Å². The zero-order valence-corrected chi connectivity index (χ0v) is 12.0. The van der Waals surface area contributed by atoms with Crippen molar-refractivity contribution < 1.29 is 0 Å². The Labute approximate surface area is 103 Å². The minimum atomic E-state index is 0.903. The number of hydrogen-bond donors (Lipinski definition) is 1. The van der Waals surface area contributed by atoms with Gasteiger partial charge in [-0.1, -0.05) is 65.7 Å². The van der Waals surface area contributed by atoms with Crippen molar-refractivity contribution in [3.8, 4) is 0 Å². The van der Waals surface area contributed by atoms with Crippen LogP contribution in [0.5, 0.6) is 0 Å². The van der Waals surface area contributed by atoms with E-state index in [-0.39, 0.29) is 0 Å². The van der Waals surface area contributed by atoms with E-state index in [2.05, 4.69) is 26.1 Å². The summed E-state index contributed by atoms with van der Waals surface area (Å²) in [6, 6.07) is 0. The van der Waals surface area contributed by atoms with Gasteiger partial charge in [0.2, 0.25) is 0 Å². The highest BCUT2D eigenvalue weighted by Gasteiger charge is 2.03. The summed E-state index contributed by atoms with van der Waals surface area (Å²) >= 11 is 0. The molecule has 1 N–H and O–H groups in total. The summed E-state index contributed by atoms with van der Waals surface area (Å²) in [7, 11) is 2.04. The molecule has 0 heterocycles. The average Bonchev–Trinajstić information content (AvgIpc) is 2.26. The van der Waals surface area contributed by atoms with Crippen LogP contribution in [-0.2, 0) is 0 Å². The summed E-state index contributed by atoms with van der Waals surface area (Å²) in [5.41, 5.74) is 0. The fourth-order valence-electron chi connectivity index (χ4n) is 2.33. The van der Waals surface area contributed by atoms with Gasteiger partial charge in [-0.05, 0) is 31.8 Å². The summed E-state index contributed by atoms with van der Waals surface area (Å²) in [5, 5.41) is 3.23. The fourth-order valence-corrected chi connectivity index (χ4v) is 2.33. The van der Waals surface area contributed by atoms with Crippen molar-refractivity contribution in [2.24, 2.45) is 11.8 Å². The molecule has 0 saturated heterocycles. The van der Waals surface area contributed by atoms with Crippen LogP contribution >= 0.6 is 0 Å². The second-order valence-electron chi connectivity index (χ2n) is 5.53. The molecular weight excluding hydrogens is 194 g/mol. The molecule has 0 aromatic heterocycles. The molecule has 16 heavy (non-hydrogen) atoms. The monoisotopic (exact) mass is 227 g/mol. The molecule has 0 fully saturated rings. The van der Waals surface area contributed by atoms with Crippen molar-refractivity contribution in [1.82, 2.24) is 5.32 Å². The Bertz CT molecular complexity index is 133. The standard InChI is InChI=1S/C15H33N/c1-5-9-14(2)10-7-6-8-11-15(3)12-13-16-4/h14-16H,5-13H2,1-4H3. The van der Waals surface area contributed by atoms with Gasteiger partial charge < -0.3 is 5.32 Å². The van der Waals surface area contributed by atoms with Crippen LogP contribution in [0.3, 0.4) is 0 Å². The van der Waals surface area contributed by atoms with Gasteiger partial charge in [0, 0.05) is 0 Å². The van der Waals surface area contributed by atoms with Crippen molar-refractivity contribution in [2.45, 2.75) is 72.1 Å². The second-order valence-corrected chi connectivity index (χ2v) is 5.53. The Morgan fingerprint density at radius 2 is 1.38 bits per heavy atom. The molecule has 0 aliphatic carbocycles. The maximum Gasteiger partial charge on any atom is -0.00494 e. The van der Waals surface area contributed by atoms with Gasteiger partial charge >= 0.3 is 0 Å². The van der Waals surface area contributed by atoms with Crippen LogP contribution < -0.4 is 5.32 Å². The van der Waals surface area contributed by atoms with Gasteiger partial charge in [-0.25, -0.2) is 0 Å². The van der Waals surface area contributed by atoms with E-state index in [4.69, 9.17) is 0 Å². The van der Waals surface area contributed by atoms with Crippen LogP contribution in [-0.4, -0.2) is 13.6 Å². The van der Waals surface area contributed by atoms with Gasteiger partial charge in [-0.2, -0.15) is 0 Å². The Hall–Kier alpha value is -0.0400. The zero-order chi connectivity index (χ0) is 12.2. The third-order valence-corrected chi connectivity index (χ3v) is 3.56. The summed E-state index contributed by atoms with van der Waals surface area (Å²) in [5.74, 6) is 1.85. The molecule has 0 aromatic rings.